The molecule has 4 N–H and O–H groups in total. The summed E-state index contributed by atoms with van der Waals surface area (Å²) in [4.78, 5) is 30.6. The van der Waals surface area contributed by atoms with Crippen molar-refractivity contribution in [3.8, 4) is 0 Å². The molecule has 284 valence electrons. The van der Waals surface area contributed by atoms with Crippen LogP contribution in [0.5, 0.6) is 0 Å². The molecule has 50 heavy (non-hydrogen) atoms. The van der Waals surface area contributed by atoms with E-state index in [-0.39, 0.29) is 12.1 Å². The molecule has 0 aliphatic heterocycles. The van der Waals surface area contributed by atoms with Crippen LogP contribution in [0.25, 0.3) is 10.8 Å². The van der Waals surface area contributed by atoms with E-state index in [1.54, 1.807) is 0 Å². The lowest BCUT2D eigenvalue weighted by molar-refractivity contribution is 0.0701. The highest BCUT2D eigenvalue weighted by molar-refractivity contribution is 6.61. The Morgan fingerprint density at radius 1 is 0.540 bits per heavy atom. The monoisotopic (exact) mass is 738 g/mol. The minimum atomic E-state index is -2.81. The van der Waals surface area contributed by atoms with Gasteiger partial charge in [-0.3, -0.25) is 0 Å². The maximum Gasteiger partial charge on any atom is 0.500 e. The van der Waals surface area contributed by atoms with Crippen molar-refractivity contribution in [1.82, 2.24) is 10.6 Å². The van der Waals surface area contributed by atoms with Crippen molar-refractivity contribution >= 4 is 63.2 Å². The molecule has 0 spiro atoms. The zero-order chi connectivity index (χ0) is 37.2. The molecular formula is C34H62N6O8Si2. The van der Waals surface area contributed by atoms with Crippen LogP contribution in [0.1, 0.15) is 54.4 Å². The summed E-state index contributed by atoms with van der Waals surface area (Å²) in [6, 6.07) is 8.09. The molecule has 0 heterocycles. The molecule has 0 atom stereocenters. The number of rotatable bonds is 24. The zero-order valence-electron chi connectivity index (χ0n) is 32.0. The number of carbonyl (C=O) groups is 2. The van der Waals surface area contributed by atoms with Crippen molar-refractivity contribution in [2.24, 2.45) is 0 Å². The van der Waals surface area contributed by atoms with Crippen molar-refractivity contribution in [3.05, 3.63) is 24.3 Å². The van der Waals surface area contributed by atoms with Gasteiger partial charge in [-0.05, 0) is 78.6 Å². The Hall–Kier alpha value is -2.97. The molecule has 16 heteroatoms. The number of hydrogen-bond donors (Lipinski definition) is 4. The van der Waals surface area contributed by atoms with E-state index >= 15 is 0 Å². The number of benzene rings is 2. The molecule has 14 nitrogen and oxygen atoms in total. The highest BCUT2D eigenvalue weighted by Crippen LogP contribution is 2.42. The van der Waals surface area contributed by atoms with Crippen molar-refractivity contribution in [1.29, 1.82) is 0 Å². The molecule has 0 bridgehead atoms. The predicted octanol–water partition coefficient (Wildman–Crippen LogP) is 6.09. The van der Waals surface area contributed by atoms with E-state index in [4.69, 9.17) is 26.6 Å². The summed E-state index contributed by atoms with van der Waals surface area (Å²) in [7, 11) is 2.24. The van der Waals surface area contributed by atoms with Gasteiger partial charge in [0.25, 0.3) is 0 Å². The average molecular weight is 739 g/mol. The SMILES string of the molecule is CCO[Si](CCCNC(=O)Nc1ccc(N(C)C)c2c(N(C)C)ccc(NC(=O)NCCC[Si](OCC)(OCC)OCC)c12)(OCC)OCC. The summed E-state index contributed by atoms with van der Waals surface area (Å²) in [6.07, 6.45) is 1.25. The van der Waals surface area contributed by atoms with Crippen LogP contribution in [-0.2, 0) is 26.6 Å². The van der Waals surface area contributed by atoms with Crippen LogP contribution in [0.4, 0.5) is 32.3 Å². The highest BCUT2D eigenvalue weighted by atomic mass is 28.4. The van der Waals surface area contributed by atoms with Crippen molar-refractivity contribution in [2.75, 3.05) is 101 Å². The molecule has 0 saturated heterocycles. The van der Waals surface area contributed by atoms with E-state index in [2.05, 4.69) is 21.3 Å². The van der Waals surface area contributed by atoms with Crippen LogP contribution >= 0.6 is 0 Å². The second kappa shape index (κ2) is 22.1. The molecule has 4 amide bonds. The van der Waals surface area contributed by atoms with Gasteiger partial charge in [-0.25, -0.2) is 9.59 Å². The molecule has 2 aromatic carbocycles. The fraction of sp³-hybridized carbons (Fsp3) is 0.647. The number of urea groups is 2. The van der Waals surface area contributed by atoms with Gasteiger partial charge in [0, 0.05) is 115 Å². The molecule has 0 aliphatic carbocycles. The molecule has 2 aromatic rings. The average Bonchev–Trinajstić information content (AvgIpc) is 3.06. The molecule has 0 unspecified atom stereocenters. The fourth-order valence-corrected chi connectivity index (χ4v) is 11.0. The quantitative estimate of drug-likeness (QED) is 0.0738. The van der Waals surface area contributed by atoms with E-state index in [1.165, 1.54) is 0 Å². The Labute approximate surface area is 301 Å². The van der Waals surface area contributed by atoms with Crippen LogP contribution in [0, 0.1) is 0 Å². The van der Waals surface area contributed by atoms with E-state index < -0.39 is 17.6 Å². The molecule has 0 aliphatic rings. The number of nitrogens with zero attached hydrogens (tertiary/aromatic N) is 2. The number of anilines is 4. The number of fused-ring (bicyclic) bond motifs is 1. The first-order valence-electron chi connectivity index (χ1n) is 17.8. The number of amides is 4. The van der Waals surface area contributed by atoms with Crippen LogP contribution in [-0.4, -0.2) is 111 Å². The predicted molar refractivity (Wildman–Crippen MR) is 207 cm³/mol. The van der Waals surface area contributed by atoms with E-state index in [9.17, 15) is 9.59 Å². The number of nitrogens with one attached hydrogen (secondary N) is 4. The van der Waals surface area contributed by atoms with E-state index in [1.807, 2.05) is 104 Å². The molecule has 0 saturated carbocycles. The lowest BCUT2D eigenvalue weighted by Gasteiger charge is -2.28. The minimum Gasteiger partial charge on any atom is -0.377 e. The lowest BCUT2D eigenvalue weighted by Crippen LogP contribution is -2.46. The second-order valence-electron chi connectivity index (χ2n) is 11.7. The maximum atomic E-state index is 13.3. The van der Waals surface area contributed by atoms with E-state index in [0.29, 0.717) is 94.4 Å². The maximum absolute atomic E-state index is 13.3. The highest BCUT2D eigenvalue weighted by Gasteiger charge is 2.40. The first-order valence-corrected chi connectivity index (χ1v) is 21.7. The lowest BCUT2D eigenvalue weighted by atomic mass is 10.0. The smallest absolute Gasteiger partial charge is 0.377 e. The fourth-order valence-electron chi connectivity index (χ4n) is 5.76. The summed E-state index contributed by atoms with van der Waals surface area (Å²) in [5, 5.41) is 13.6. The van der Waals surface area contributed by atoms with Crippen LogP contribution in [0.3, 0.4) is 0 Å². The van der Waals surface area contributed by atoms with Gasteiger partial charge in [-0.15, -0.1) is 0 Å². The standard InChI is InChI=1S/C34H62N6O8Si2/c1-11-43-49(44-12-2,45-13-3)25-17-23-35-33(41)37-27-19-21-29(39(7)8)32-30(40(9)10)22-20-28(31(27)32)38-34(42)36-24-18-26-50(46-14-4,47-15-5)48-16-6/h19-22H,11-18,23-26H2,1-10H3,(H2,35,37,41)(H2,36,38,42). The van der Waals surface area contributed by atoms with Gasteiger partial charge >= 0.3 is 29.7 Å². The summed E-state index contributed by atoms with van der Waals surface area (Å²) < 4.78 is 35.7. The summed E-state index contributed by atoms with van der Waals surface area (Å²) in [6.45, 7) is 15.3. The van der Waals surface area contributed by atoms with Crippen molar-refractivity contribution in [3.63, 3.8) is 0 Å². The Balaban J connectivity index is 2.29. The van der Waals surface area contributed by atoms with Crippen LogP contribution in [0.2, 0.25) is 12.1 Å². The molecule has 0 radical (unpaired) electrons. The second-order valence-corrected chi connectivity index (χ2v) is 17.2. The van der Waals surface area contributed by atoms with Gasteiger partial charge in [0.15, 0.2) is 0 Å². The minimum absolute atomic E-state index is 0.364. The van der Waals surface area contributed by atoms with Gasteiger partial charge in [0.2, 0.25) is 0 Å². The van der Waals surface area contributed by atoms with Gasteiger partial charge in [0.05, 0.1) is 11.4 Å². The van der Waals surface area contributed by atoms with Crippen molar-refractivity contribution < 1.29 is 36.1 Å². The Kier molecular flexibility index (Phi) is 19.1. The summed E-state index contributed by atoms with van der Waals surface area (Å²) in [5.74, 6) is 0. The summed E-state index contributed by atoms with van der Waals surface area (Å²) in [5.41, 5.74) is 2.99. The van der Waals surface area contributed by atoms with Gasteiger partial charge in [-0.2, -0.15) is 0 Å². The number of carbonyl (C=O) groups excluding carboxylic acids is 2. The zero-order valence-corrected chi connectivity index (χ0v) is 34.0. The normalized spacial score (nSPS) is 11.8. The van der Waals surface area contributed by atoms with Gasteiger partial charge in [-0.1, -0.05) is 0 Å². The van der Waals surface area contributed by atoms with Gasteiger partial charge < -0.3 is 57.6 Å². The Morgan fingerprint density at radius 2 is 0.860 bits per heavy atom. The third-order valence-corrected chi connectivity index (χ3v) is 14.0. The molecule has 0 fully saturated rings. The molecular weight excluding hydrogens is 677 g/mol. The Morgan fingerprint density at radius 3 is 1.14 bits per heavy atom. The van der Waals surface area contributed by atoms with Crippen LogP contribution < -0.4 is 31.1 Å². The summed E-state index contributed by atoms with van der Waals surface area (Å²) >= 11 is 0. The number of hydrogen-bond acceptors (Lipinski definition) is 10. The third-order valence-electron chi connectivity index (χ3n) is 7.65. The van der Waals surface area contributed by atoms with E-state index in [0.717, 1.165) is 16.8 Å². The van der Waals surface area contributed by atoms with Gasteiger partial charge in [0.1, 0.15) is 0 Å². The molecule has 2 rings (SSSR count). The third kappa shape index (κ3) is 12.7. The molecule has 0 aromatic heterocycles. The first kappa shape index (κ1) is 43.2. The Bertz CT molecular complexity index is 1210. The van der Waals surface area contributed by atoms with Crippen molar-refractivity contribution in [2.45, 2.75) is 66.5 Å². The topological polar surface area (TPSA) is 144 Å². The first-order chi connectivity index (χ1) is 24.0. The van der Waals surface area contributed by atoms with Crippen LogP contribution in [0.15, 0.2) is 24.3 Å². The largest absolute Gasteiger partial charge is 0.500 e.